The molecule has 4 N–H and O–H groups in total. The van der Waals surface area contributed by atoms with Crippen LogP contribution in [0.5, 0.6) is 5.75 Å². The molecule has 0 aliphatic rings. The maximum Gasteiger partial charge on any atom is 0.404 e. The number of aryl methyl sites for hydroxylation is 1. The predicted molar refractivity (Wildman–Crippen MR) is 53.8 cm³/mol. The van der Waals surface area contributed by atoms with Gasteiger partial charge in [-0.15, -0.1) is 0 Å². The first-order valence-corrected chi connectivity index (χ1v) is 4.45. The molecule has 0 fully saturated rings. The van der Waals surface area contributed by atoms with E-state index < -0.39 is 12.2 Å². The zero-order valence-electron chi connectivity index (χ0n) is 8.27. The molecular formula is C10H13NO4. The van der Waals surface area contributed by atoms with E-state index in [1.807, 2.05) is 0 Å². The molecule has 1 rings (SSSR count). The van der Waals surface area contributed by atoms with Crippen LogP contribution in [0.25, 0.3) is 0 Å². The minimum Gasteiger partial charge on any atom is -0.508 e. The second-order valence-electron chi connectivity index (χ2n) is 3.24. The summed E-state index contributed by atoms with van der Waals surface area (Å²) in [5.41, 5.74) is 1.32. The van der Waals surface area contributed by atoms with Crippen LogP contribution >= 0.6 is 0 Å². The van der Waals surface area contributed by atoms with Crippen LogP contribution in [0.2, 0.25) is 0 Å². The number of hydrogen-bond acceptors (Lipinski definition) is 3. The van der Waals surface area contributed by atoms with Crippen LogP contribution in [0.15, 0.2) is 18.2 Å². The van der Waals surface area contributed by atoms with Gasteiger partial charge in [0.2, 0.25) is 0 Å². The van der Waals surface area contributed by atoms with E-state index in [4.69, 9.17) is 10.2 Å². The summed E-state index contributed by atoms with van der Waals surface area (Å²) in [7, 11) is 0. The Kier molecular flexibility index (Phi) is 3.51. The maximum atomic E-state index is 10.2. The van der Waals surface area contributed by atoms with Crippen LogP contribution < -0.4 is 5.32 Å². The molecule has 0 saturated heterocycles. The molecule has 1 aromatic rings. The molecule has 0 saturated carbocycles. The van der Waals surface area contributed by atoms with Gasteiger partial charge in [0.05, 0.1) is 12.6 Å². The van der Waals surface area contributed by atoms with Crippen molar-refractivity contribution >= 4 is 6.09 Å². The Morgan fingerprint density at radius 1 is 1.53 bits per heavy atom. The summed E-state index contributed by atoms with van der Waals surface area (Å²) in [4.78, 5) is 10.2. The average Bonchev–Trinajstić information content (AvgIpc) is 2.14. The van der Waals surface area contributed by atoms with Crippen molar-refractivity contribution in [1.82, 2.24) is 5.32 Å². The molecule has 1 aromatic carbocycles. The summed E-state index contributed by atoms with van der Waals surface area (Å²) in [5.74, 6) is 0.120. The Balaban J connectivity index is 2.73. The van der Waals surface area contributed by atoms with Gasteiger partial charge in [0.1, 0.15) is 5.75 Å². The number of rotatable bonds is 3. The number of aliphatic hydroxyl groups excluding tert-OH is 1. The molecule has 5 nitrogen and oxygen atoms in total. The number of carboxylic acid groups (broad SMARTS) is 1. The monoisotopic (exact) mass is 211 g/mol. The summed E-state index contributed by atoms with van der Waals surface area (Å²) in [6, 6.07) is 4.53. The van der Waals surface area contributed by atoms with Crippen molar-refractivity contribution in [2.24, 2.45) is 0 Å². The lowest BCUT2D eigenvalue weighted by Gasteiger charge is -2.13. The number of hydrogen-bond donors (Lipinski definition) is 4. The fourth-order valence-electron chi connectivity index (χ4n) is 1.33. The van der Waals surface area contributed by atoms with Gasteiger partial charge in [0.25, 0.3) is 0 Å². The van der Waals surface area contributed by atoms with E-state index in [2.05, 4.69) is 5.32 Å². The van der Waals surface area contributed by atoms with Gasteiger partial charge in [-0.1, -0.05) is 6.07 Å². The lowest BCUT2D eigenvalue weighted by Crippen LogP contribution is -2.26. The summed E-state index contributed by atoms with van der Waals surface area (Å²) < 4.78 is 0. The van der Waals surface area contributed by atoms with E-state index in [1.54, 1.807) is 13.0 Å². The highest BCUT2D eigenvalue weighted by Gasteiger charge is 2.11. The molecule has 15 heavy (non-hydrogen) atoms. The van der Waals surface area contributed by atoms with Gasteiger partial charge in [-0.05, 0) is 30.2 Å². The highest BCUT2D eigenvalue weighted by atomic mass is 16.4. The molecule has 0 radical (unpaired) electrons. The smallest absolute Gasteiger partial charge is 0.404 e. The fraction of sp³-hybridized carbons (Fsp3) is 0.300. The summed E-state index contributed by atoms with van der Waals surface area (Å²) >= 11 is 0. The third kappa shape index (κ3) is 3.14. The SMILES string of the molecule is Cc1cc(O)ccc1C(O)CNC(=O)O. The van der Waals surface area contributed by atoms with Crippen molar-refractivity contribution in [3.63, 3.8) is 0 Å². The number of phenols is 1. The minimum absolute atomic E-state index is 0.0685. The number of aromatic hydroxyl groups is 1. The lowest BCUT2D eigenvalue weighted by molar-refractivity contribution is 0.158. The highest BCUT2D eigenvalue weighted by molar-refractivity contribution is 5.64. The van der Waals surface area contributed by atoms with Crippen LogP contribution in [0.1, 0.15) is 17.2 Å². The molecule has 0 heterocycles. The van der Waals surface area contributed by atoms with E-state index in [0.717, 1.165) is 5.56 Å². The fourth-order valence-corrected chi connectivity index (χ4v) is 1.33. The largest absolute Gasteiger partial charge is 0.508 e. The van der Waals surface area contributed by atoms with Crippen molar-refractivity contribution in [2.75, 3.05) is 6.54 Å². The zero-order chi connectivity index (χ0) is 11.4. The van der Waals surface area contributed by atoms with E-state index in [0.29, 0.717) is 5.56 Å². The van der Waals surface area contributed by atoms with Crippen LogP contribution in [0, 0.1) is 6.92 Å². The topological polar surface area (TPSA) is 89.8 Å². The van der Waals surface area contributed by atoms with E-state index in [1.165, 1.54) is 12.1 Å². The summed E-state index contributed by atoms with van der Waals surface area (Å²) in [6.07, 6.45) is -2.08. The predicted octanol–water partition coefficient (Wildman–Crippen LogP) is 1.00. The number of nitrogens with one attached hydrogen (secondary N) is 1. The van der Waals surface area contributed by atoms with Crippen LogP contribution in [0.4, 0.5) is 4.79 Å². The number of amides is 1. The lowest BCUT2D eigenvalue weighted by atomic mass is 10.0. The van der Waals surface area contributed by atoms with E-state index in [9.17, 15) is 9.90 Å². The Morgan fingerprint density at radius 3 is 2.73 bits per heavy atom. The van der Waals surface area contributed by atoms with Crippen molar-refractivity contribution < 1.29 is 20.1 Å². The Labute approximate surface area is 87.0 Å². The van der Waals surface area contributed by atoms with Gasteiger partial charge in [-0.3, -0.25) is 0 Å². The molecule has 0 aliphatic carbocycles. The van der Waals surface area contributed by atoms with Gasteiger partial charge < -0.3 is 20.6 Å². The molecule has 0 aromatic heterocycles. The average molecular weight is 211 g/mol. The summed E-state index contributed by atoms with van der Waals surface area (Å²) in [5, 5.41) is 29.2. The molecule has 0 bridgehead atoms. The highest BCUT2D eigenvalue weighted by Crippen LogP contribution is 2.21. The van der Waals surface area contributed by atoms with E-state index >= 15 is 0 Å². The number of aliphatic hydroxyl groups is 1. The standard InChI is InChI=1S/C10H13NO4/c1-6-4-7(12)2-3-8(6)9(13)5-11-10(14)15/h2-4,9,11-13H,5H2,1H3,(H,14,15). The zero-order valence-corrected chi connectivity index (χ0v) is 8.27. The Hall–Kier alpha value is -1.75. The quantitative estimate of drug-likeness (QED) is 0.600. The maximum absolute atomic E-state index is 10.2. The number of carbonyl (C=O) groups is 1. The van der Waals surface area contributed by atoms with Gasteiger partial charge >= 0.3 is 6.09 Å². The summed E-state index contributed by atoms with van der Waals surface area (Å²) in [6.45, 7) is 1.67. The van der Waals surface area contributed by atoms with Gasteiger partial charge in [0, 0.05) is 0 Å². The van der Waals surface area contributed by atoms with Crippen LogP contribution in [-0.4, -0.2) is 28.0 Å². The Morgan fingerprint density at radius 2 is 2.20 bits per heavy atom. The molecular weight excluding hydrogens is 198 g/mol. The molecule has 5 heteroatoms. The minimum atomic E-state index is -1.18. The van der Waals surface area contributed by atoms with Gasteiger partial charge in [-0.2, -0.15) is 0 Å². The van der Waals surface area contributed by atoms with Crippen molar-refractivity contribution in [2.45, 2.75) is 13.0 Å². The molecule has 0 aliphatic heterocycles. The molecule has 82 valence electrons. The van der Waals surface area contributed by atoms with Crippen molar-refractivity contribution in [3.8, 4) is 5.75 Å². The third-order valence-electron chi connectivity index (χ3n) is 2.06. The normalized spacial score (nSPS) is 12.1. The molecule has 0 spiro atoms. The number of benzene rings is 1. The van der Waals surface area contributed by atoms with E-state index in [-0.39, 0.29) is 12.3 Å². The molecule has 1 unspecified atom stereocenters. The van der Waals surface area contributed by atoms with Crippen LogP contribution in [-0.2, 0) is 0 Å². The van der Waals surface area contributed by atoms with Crippen molar-refractivity contribution in [3.05, 3.63) is 29.3 Å². The number of phenolic OH excluding ortho intramolecular Hbond substituents is 1. The first-order chi connectivity index (χ1) is 7.00. The first-order valence-electron chi connectivity index (χ1n) is 4.45. The van der Waals surface area contributed by atoms with Gasteiger partial charge in [-0.25, -0.2) is 4.79 Å². The molecule has 1 atom stereocenters. The molecule has 1 amide bonds. The second-order valence-corrected chi connectivity index (χ2v) is 3.24. The first kappa shape index (κ1) is 11.3. The second kappa shape index (κ2) is 4.65. The van der Waals surface area contributed by atoms with Gasteiger partial charge in [0.15, 0.2) is 0 Å². The van der Waals surface area contributed by atoms with Crippen molar-refractivity contribution in [1.29, 1.82) is 0 Å². The van der Waals surface area contributed by atoms with Crippen LogP contribution in [0.3, 0.4) is 0 Å². The third-order valence-corrected chi connectivity index (χ3v) is 2.06. The Bertz CT molecular complexity index is 364.